The quantitative estimate of drug-likeness (QED) is 0.698. The van der Waals surface area contributed by atoms with E-state index in [4.69, 9.17) is 10.0 Å². The van der Waals surface area contributed by atoms with Crippen molar-refractivity contribution in [3.8, 4) is 0 Å². The molecular formula is C13H17BN4O3. The number of nitrogens with one attached hydrogen (secondary N) is 1. The van der Waals surface area contributed by atoms with Gasteiger partial charge in [0.25, 0.3) is 0 Å². The number of urea groups is 1. The van der Waals surface area contributed by atoms with Crippen molar-refractivity contribution in [1.82, 2.24) is 19.6 Å². The number of likely N-dealkylation sites (tertiary alicyclic amines) is 1. The Labute approximate surface area is 122 Å². The number of imidazole rings is 1. The first-order valence-electron chi connectivity index (χ1n) is 6.94. The number of pyridine rings is 1. The van der Waals surface area contributed by atoms with Crippen LogP contribution in [0.2, 0.25) is 5.82 Å². The fourth-order valence-electron chi connectivity index (χ4n) is 2.57. The van der Waals surface area contributed by atoms with E-state index in [1.807, 2.05) is 28.9 Å². The number of fused-ring (bicyclic) bond motifs is 1. The van der Waals surface area contributed by atoms with Gasteiger partial charge in [0, 0.05) is 44.0 Å². The highest BCUT2D eigenvalue weighted by molar-refractivity contribution is 6.43. The summed E-state index contributed by atoms with van der Waals surface area (Å²) in [5.41, 5.74) is 1.81. The zero-order valence-electron chi connectivity index (χ0n) is 11.5. The summed E-state index contributed by atoms with van der Waals surface area (Å²) in [5.74, 6) is -0.253. The van der Waals surface area contributed by atoms with E-state index in [-0.39, 0.29) is 11.8 Å². The van der Waals surface area contributed by atoms with Crippen LogP contribution in [0.4, 0.5) is 4.79 Å². The van der Waals surface area contributed by atoms with E-state index in [0.29, 0.717) is 26.1 Å². The van der Waals surface area contributed by atoms with Crippen LogP contribution < -0.4 is 5.32 Å². The highest BCUT2D eigenvalue weighted by Crippen LogP contribution is 2.22. The molecule has 1 atom stereocenters. The van der Waals surface area contributed by atoms with Crippen molar-refractivity contribution in [2.45, 2.75) is 18.8 Å². The highest BCUT2D eigenvalue weighted by Gasteiger charge is 2.33. The monoisotopic (exact) mass is 288 g/mol. The molecule has 0 saturated carbocycles. The second kappa shape index (κ2) is 5.75. The van der Waals surface area contributed by atoms with Crippen molar-refractivity contribution in [3.63, 3.8) is 0 Å². The first kappa shape index (κ1) is 13.9. The van der Waals surface area contributed by atoms with Gasteiger partial charge in [-0.15, -0.1) is 0 Å². The normalized spacial score (nSPS) is 18.2. The average Bonchev–Trinajstić information content (AvgIpc) is 3.12. The number of hydrogen-bond acceptors (Lipinski definition) is 4. The molecule has 2 aromatic rings. The van der Waals surface area contributed by atoms with Crippen LogP contribution in [0.5, 0.6) is 0 Å². The molecule has 0 spiro atoms. The van der Waals surface area contributed by atoms with Crippen LogP contribution in [0.25, 0.3) is 5.65 Å². The Kier molecular flexibility index (Phi) is 3.81. The lowest BCUT2D eigenvalue weighted by molar-refractivity contribution is 0.208. The van der Waals surface area contributed by atoms with E-state index < -0.39 is 7.12 Å². The van der Waals surface area contributed by atoms with Crippen LogP contribution in [0.15, 0.2) is 30.7 Å². The van der Waals surface area contributed by atoms with Gasteiger partial charge >= 0.3 is 13.1 Å². The summed E-state index contributed by atoms with van der Waals surface area (Å²) < 4.78 is 1.90. The van der Waals surface area contributed by atoms with Crippen LogP contribution in [0, 0.1) is 0 Å². The van der Waals surface area contributed by atoms with Crippen LogP contribution >= 0.6 is 0 Å². The number of carbonyl (C=O) groups excluding carboxylic acids is 1. The molecule has 110 valence electrons. The topological polar surface area (TPSA) is 90.1 Å². The van der Waals surface area contributed by atoms with Gasteiger partial charge in [0.15, 0.2) is 0 Å². The molecule has 2 amide bonds. The molecule has 2 aromatic heterocycles. The lowest BCUT2D eigenvalue weighted by atomic mass is 9.72. The predicted octanol–water partition coefficient (Wildman–Crippen LogP) is 0.0926. The molecule has 0 aliphatic carbocycles. The standard InChI is InChI=1S/C13H17BN4O3/c19-13(18-5-2-11(9-18)14(20)21)16-8-10-1-4-17-6-3-15-12(17)7-10/h1,3-4,6-7,11,20-21H,2,5,8-9H2,(H,16,19). The smallest absolute Gasteiger partial charge is 0.427 e. The number of hydrogen-bond donors (Lipinski definition) is 3. The third-order valence-electron chi connectivity index (χ3n) is 3.84. The first-order chi connectivity index (χ1) is 10.1. The lowest BCUT2D eigenvalue weighted by Gasteiger charge is -2.17. The molecule has 7 nitrogen and oxygen atoms in total. The van der Waals surface area contributed by atoms with Gasteiger partial charge in [0.2, 0.25) is 0 Å². The second-order valence-electron chi connectivity index (χ2n) is 5.29. The van der Waals surface area contributed by atoms with Crippen LogP contribution in [0.3, 0.4) is 0 Å². The Bertz CT molecular complexity index is 645. The van der Waals surface area contributed by atoms with Crippen LogP contribution in [-0.4, -0.2) is 50.6 Å². The zero-order chi connectivity index (χ0) is 14.8. The van der Waals surface area contributed by atoms with E-state index in [0.717, 1.165) is 11.2 Å². The fraction of sp³-hybridized carbons (Fsp3) is 0.385. The minimum absolute atomic E-state index is 0.179. The molecule has 21 heavy (non-hydrogen) atoms. The maximum atomic E-state index is 12.0. The summed E-state index contributed by atoms with van der Waals surface area (Å²) in [4.78, 5) is 17.8. The number of carbonyl (C=O) groups is 1. The van der Waals surface area contributed by atoms with Gasteiger partial charge in [-0.3, -0.25) is 0 Å². The van der Waals surface area contributed by atoms with Crippen molar-refractivity contribution < 1.29 is 14.8 Å². The molecule has 1 saturated heterocycles. The molecule has 3 heterocycles. The third-order valence-corrected chi connectivity index (χ3v) is 3.84. The molecule has 1 aliphatic rings. The highest BCUT2D eigenvalue weighted by atomic mass is 16.4. The lowest BCUT2D eigenvalue weighted by Crippen LogP contribution is -2.38. The summed E-state index contributed by atoms with van der Waals surface area (Å²) in [7, 11) is -1.36. The minimum atomic E-state index is -1.36. The Morgan fingerprint density at radius 2 is 2.33 bits per heavy atom. The fourth-order valence-corrected chi connectivity index (χ4v) is 2.57. The Morgan fingerprint density at radius 3 is 3.10 bits per heavy atom. The zero-order valence-corrected chi connectivity index (χ0v) is 11.5. The summed E-state index contributed by atoms with van der Waals surface area (Å²) in [5, 5.41) is 21.1. The third kappa shape index (κ3) is 3.01. The molecule has 3 N–H and O–H groups in total. The van der Waals surface area contributed by atoms with Gasteiger partial charge < -0.3 is 24.7 Å². The maximum absolute atomic E-state index is 12.0. The van der Waals surface area contributed by atoms with Crippen molar-refractivity contribution in [2.24, 2.45) is 0 Å². The SMILES string of the molecule is O=C(NCc1ccn2ccnc2c1)N1CCC(B(O)O)C1. The molecule has 8 heteroatoms. The van der Waals surface area contributed by atoms with Gasteiger partial charge in [0.05, 0.1) is 0 Å². The van der Waals surface area contributed by atoms with Gasteiger partial charge in [-0.25, -0.2) is 9.78 Å². The Hall–Kier alpha value is -2.06. The van der Waals surface area contributed by atoms with Gasteiger partial charge in [0.1, 0.15) is 5.65 Å². The maximum Gasteiger partial charge on any atom is 0.456 e. The number of amides is 2. The molecule has 1 aliphatic heterocycles. The summed E-state index contributed by atoms with van der Waals surface area (Å²) in [6.45, 7) is 1.35. The number of aromatic nitrogens is 2. The van der Waals surface area contributed by atoms with Crippen LogP contribution in [-0.2, 0) is 6.54 Å². The van der Waals surface area contributed by atoms with Crippen molar-refractivity contribution >= 4 is 18.8 Å². The van der Waals surface area contributed by atoms with Crippen molar-refractivity contribution in [3.05, 3.63) is 36.3 Å². The van der Waals surface area contributed by atoms with E-state index in [1.165, 1.54) is 0 Å². The first-order valence-corrected chi connectivity index (χ1v) is 6.94. The van der Waals surface area contributed by atoms with Gasteiger partial charge in [-0.1, -0.05) is 0 Å². The minimum Gasteiger partial charge on any atom is -0.427 e. The Morgan fingerprint density at radius 1 is 1.48 bits per heavy atom. The molecule has 1 fully saturated rings. The van der Waals surface area contributed by atoms with Crippen molar-refractivity contribution in [2.75, 3.05) is 13.1 Å². The van der Waals surface area contributed by atoms with Gasteiger partial charge in [-0.05, 0) is 24.1 Å². The molecule has 0 bridgehead atoms. The molecule has 3 rings (SSSR count). The summed E-state index contributed by atoms with van der Waals surface area (Å²) in [6, 6.07) is 3.67. The largest absolute Gasteiger partial charge is 0.456 e. The second-order valence-corrected chi connectivity index (χ2v) is 5.29. The number of rotatable bonds is 3. The Balaban J connectivity index is 1.56. The molecular weight excluding hydrogens is 271 g/mol. The van der Waals surface area contributed by atoms with E-state index in [1.54, 1.807) is 11.1 Å². The average molecular weight is 288 g/mol. The molecule has 0 aromatic carbocycles. The summed E-state index contributed by atoms with van der Waals surface area (Å²) in [6.07, 6.45) is 6.10. The predicted molar refractivity (Wildman–Crippen MR) is 77.6 cm³/mol. The van der Waals surface area contributed by atoms with Gasteiger partial charge in [-0.2, -0.15) is 0 Å². The van der Waals surface area contributed by atoms with Crippen LogP contribution in [0.1, 0.15) is 12.0 Å². The van der Waals surface area contributed by atoms with E-state index >= 15 is 0 Å². The molecule has 0 radical (unpaired) electrons. The number of nitrogens with zero attached hydrogens (tertiary/aromatic N) is 3. The van der Waals surface area contributed by atoms with Crippen molar-refractivity contribution in [1.29, 1.82) is 0 Å². The molecule has 1 unspecified atom stereocenters. The van der Waals surface area contributed by atoms with E-state index in [9.17, 15) is 4.79 Å². The van der Waals surface area contributed by atoms with E-state index in [2.05, 4.69) is 10.3 Å². The summed E-state index contributed by atoms with van der Waals surface area (Å²) >= 11 is 0.